The average Bonchev–Trinajstić information content (AvgIpc) is 2.60. The van der Waals surface area contributed by atoms with Gasteiger partial charge in [0, 0.05) is 7.05 Å². The van der Waals surface area contributed by atoms with E-state index in [4.69, 9.17) is 0 Å². The molecular formula is C20H20N2O. The molecule has 0 N–H and O–H groups in total. The first kappa shape index (κ1) is 16.4. The molecule has 0 fully saturated rings. The second-order valence-electron chi connectivity index (χ2n) is 5.04. The summed E-state index contributed by atoms with van der Waals surface area (Å²) in [6, 6.07) is 19.6. The lowest BCUT2D eigenvalue weighted by Gasteiger charge is -2.13. The minimum Gasteiger partial charge on any atom is -0.288 e. The molecule has 0 heterocycles. The Bertz CT molecular complexity index is 716. The first-order chi connectivity index (χ1) is 11.2. The van der Waals surface area contributed by atoms with Gasteiger partial charge in [-0.25, -0.2) is 0 Å². The number of rotatable bonds is 6. The van der Waals surface area contributed by atoms with Crippen LogP contribution in [0, 0.1) is 0 Å². The normalized spacial score (nSPS) is 12.0. The number of allylic oxidation sites excluding steroid dienone is 3. The van der Waals surface area contributed by atoms with E-state index in [1.165, 1.54) is 6.08 Å². The van der Waals surface area contributed by atoms with Crippen molar-refractivity contribution < 1.29 is 4.79 Å². The van der Waals surface area contributed by atoms with Gasteiger partial charge in [0.05, 0.1) is 5.69 Å². The minimum absolute atomic E-state index is 0.106. The van der Waals surface area contributed by atoms with E-state index in [1.807, 2.05) is 79.9 Å². The molecule has 2 aromatic rings. The molecule has 0 atom stereocenters. The van der Waals surface area contributed by atoms with Crippen LogP contribution in [0.25, 0.3) is 6.08 Å². The van der Waals surface area contributed by atoms with Gasteiger partial charge in [0.1, 0.15) is 5.71 Å². The van der Waals surface area contributed by atoms with Gasteiger partial charge in [-0.05, 0) is 30.7 Å². The zero-order valence-corrected chi connectivity index (χ0v) is 13.4. The summed E-state index contributed by atoms with van der Waals surface area (Å²) in [7, 11) is 1.82. The van der Waals surface area contributed by atoms with Gasteiger partial charge in [0.25, 0.3) is 0 Å². The second-order valence-corrected chi connectivity index (χ2v) is 5.04. The Morgan fingerprint density at radius 3 is 2.22 bits per heavy atom. The van der Waals surface area contributed by atoms with E-state index in [9.17, 15) is 4.79 Å². The molecule has 0 amide bonds. The Balaban J connectivity index is 1.95. The highest BCUT2D eigenvalue weighted by atomic mass is 16.1. The molecule has 0 saturated heterocycles. The predicted molar refractivity (Wildman–Crippen MR) is 97.6 cm³/mol. The van der Waals surface area contributed by atoms with Gasteiger partial charge in [-0.15, -0.1) is 0 Å². The number of carbonyl (C=O) groups is 1. The summed E-state index contributed by atoms with van der Waals surface area (Å²) < 4.78 is 0. The van der Waals surface area contributed by atoms with Crippen molar-refractivity contribution in [3.05, 3.63) is 84.5 Å². The van der Waals surface area contributed by atoms with Crippen molar-refractivity contribution >= 4 is 23.3 Å². The fourth-order valence-electron chi connectivity index (χ4n) is 1.97. The first-order valence-electron chi connectivity index (χ1n) is 7.45. The van der Waals surface area contributed by atoms with Crippen LogP contribution in [0.2, 0.25) is 0 Å². The SMILES string of the molecule is C/C(=N\N(C)c1ccccc1)C(=O)/C=C/C=C/c1ccccc1. The van der Waals surface area contributed by atoms with Gasteiger partial charge in [-0.2, -0.15) is 5.10 Å². The molecule has 0 spiro atoms. The number of nitrogens with zero attached hydrogens (tertiary/aromatic N) is 2. The molecule has 2 aromatic carbocycles. The van der Waals surface area contributed by atoms with Crippen LogP contribution in [0.5, 0.6) is 0 Å². The third kappa shape index (κ3) is 5.40. The standard InChI is InChI=1S/C20H20N2O/c1-17(21-22(2)19-14-7-4-8-15-19)20(23)16-10-9-13-18-11-5-3-6-12-18/h3-16H,1-2H3/b13-9+,16-10+,21-17+. The van der Waals surface area contributed by atoms with Gasteiger partial charge in [-0.1, -0.05) is 66.8 Å². The largest absolute Gasteiger partial charge is 0.288 e. The highest BCUT2D eigenvalue weighted by Gasteiger charge is 2.04. The third-order valence-corrected chi connectivity index (χ3v) is 3.23. The molecule has 2 rings (SSSR count). The number of anilines is 1. The molecule has 0 radical (unpaired) electrons. The molecule has 3 nitrogen and oxygen atoms in total. The molecule has 0 aliphatic carbocycles. The quantitative estimate of drug-likeness (QED) is 0.344. The van der Waals surface area contributed by atoms with Gasteiger partial charge in [0.15, 0.2) is 0 Å². The lowest BCUT2D eigenvalue weighted by atomic mass is 10.2. The number of hydrogen-bond donors (Lipinski definition) is 0. The average molecular weight is 304 g/mol. The molecule has 0 aromatic heterocycles. The smallest absolute Gasteiger partial charge is 0.201 e. The van der Waals surface area contributed by atoms with Crippen LogP contribution in [0.3, 0.4) is 0 Å². The van der Waals surface area contributed by atoms with Crippen LogP contribution in [0.1, 0.15) is 12.5 Å². The molecule has 0 aliphatic heterocycles. The fourth-order valence-corrected chi connectivity index (χ4v) is 1.97. The van der Waals surface area contributed by atoms with Crippen molar-refractivity contribution in [3.63, 3.8) is 0 Å². The lowest BCUT2D eigenvalue weighted by Crippen LogP contribution is -2.16. The van der Waals surface area contributed by atoms with Gasteiger partial charge >= 0.3 is 0 Å². The van der Waals surface area contributed by atoms with Crippen LogP contribution < -0.4 is 5.01 Å². The Morgan fingerprint density at radius 2 is 1.57 bits per heavy atom. The topological polar surface area (TPSA) is 32.7 Å². The molecule has 0 unspecified atom stereocenters. The van der Waals surface area contributed by atoms with Crippen LogP contribution in [0.4, 0.5) is 5.69 Å². The molecule has 116 valence electrons. The van der Waals surface area contributed by atoms with Crippen LogP contribution in [-0.4, -0.2) is 18.5 Å². The van der Waals surface area contributed by atoms with E-state index in [2.05, 4.69) is 5.10 Å². The zero-order chi connectivity index (χ0) is 16.5. The Hall–Kier alpha value is -2.94. The van der Waals surface area contributed by atoms with Gasteiger partial charge in [0.2, 0.25) is 5.78 Å². The van der Waals surface area contributed by atoms with Crippen LogP contribution in [0.15, 0.2) is 84.0 Å². The first-order valence-corrected chi connectivity index (χ1v) is 7.45. The van der Waals surface area contributed by atoms with Crippen molar-refractivity contribution in [3.8, 4) is 0 Å². The highest BCUT2D eigenvalue weighted by molar-refractivity contribution is 6.43. The van der Waals surface area contributed by atoms with Crippen molar-refractivity contribution in [2.45, 2.75) is 6.92 Å². The summed E-state index contributed by atoms with van der Waals surface area (Å²) in [5, 5.41) is 6.00. The zero-order valence-electron chi connectivity index (χ0n) is 13.4. The Kier molecular flexibility index (Phi) is 6.07. The van der Waals surface area contributed by atoms with Crippen LogP contribution in [-0.2, 0) is 4.79 Å². The summed E-state index contributed by atoms with van der Waals surface area (Å²) in [4.78, 5) is 12.0. The number of benzene rings is 2. The van der Waals surface area contributed by atoms with E-state index < -0.39 is 0 Å². The lowest BCUT2D eigenvalue weighted by molar-refractivity contribution is -0.108. The van der Waals surface area contributed by atoms with Crippen molar-refractivity contribution in [2.24, 2.45) is 5.10 Å². The summed E-state index contributed by atoms with van der Waals surface area (Å²) in [6.45, 7) is 1.72. The molecule has 0 aliphatic rings. The van der Waals surface area contributed by atoms with Crippen molar-refractivity contribution in [2.75, 3.05) is 12.1 Å². The van der Waals surface area contributed by atoms with Crippen molar-refractivity contribution in [1.82, 2.24) is 0 Å². The number of para-hydroxylation sites is 1. The summed E-state index contributed by atoms with van der Waals surface area (Å²) in [6.07, 6.45) is 7.06. The third-order valence-electron chi connectivity index (χ3n) is 3.23. The minimum atomic E-state index is -0.106. The fraction of sp³-hybridized carbons (Fsp3) is 0.100. The molecule has 23 heavy (non-hydrogen) atoms. The Morgan fingerprint density at radius 1 is 0.957 bits per heavy atom. The van der Waals surface area contributed by atoms with Gasteiger partial charge < -0.3 is 0 Å². The summed E-state index contributed by atoms with van der Waals surface area (Å²) in [5.74, 6) is -0.106. The van der Waals surface area contributed by atoms with E-state index in [1.54, 1.807) is 18.0 Å². The molecule has 3 heteroatoms. The molecular weight excluding hydrogens is 284 g/mol. The Labute approximate surface area is 137 Å². The number of ketones is 1. The highest BCUT2D eigenvalue weighted by Crippen LogP contribution is 2.11. The van der Waals surface area contributed by atoms with Gasteiger partial charge in [-0.3, -0.25) is 9.80 Å². The number of carbonyl (C=O) groups excluding carboxylic acids is 1. The second kappa shape index (κ2) is 8.49. The van der Waals surface area contributed by atoms with E-state index in [0.717, 1.165) is 11.3 Å². The number of hydrogen-bond acceptors (Lipinski definition) is 3. The number of hydrazone groups is 1. The summed E-state index contributed by atoms with van der Waals surface area (Å²) >= 11 is 0. The maximum absolute atomic E-state index is 12.0. The maximum Gasteiger partial charge on any atom is 0.201 e. The predicted octanol–water partition coefficient (Wildman–Crippen LogP) is 4.34. The maximum atomic E-state index is 12.0. The van der Waals surface area contributed by atoms with Crippen LogP contribution >= 0.6 is 0 Å². The van der Waals surface area contributed by atoms with E-state index in [-0.39, 0.29) is 5.78 Å². The summed E-state index contributed by atoms with van der Waals surface area (Å²) in [5.41, 5.74) is 2.48. The monoisotopic (exact) mass is 304 g/mol. The van der Waals surface area contributed by atoms with E-state index in [0.29, 0.717) is 5.71 Å². The van der Waals surface area contributed by atoms with Crippen molar-refractivity contribution in [1.29, 1.82) is 0 Å². The molecule has 0 saturated carbocycles. The van der Waals surface area contributed by atoms with E-state index >= 15 is 0 Å². The molecule has 0 bridgehead atoms.